The zero-order valence-corrected chi connectivity index (χ0v) is 11.2. The molecule has 3 atom stereocenters. The van der Waals surface area contributed by atoms with Crippen molar-refractivity contribution in [1.82, 2.24) is 0 Å². The fourth-order valence-corrected chi connectivity index (χ4v) is 2.93. The number of hydrogen-bond donors (Lipinski definition) is 1. The summed E-state index contributed by atoms with van der Waals surface area (Å²) >= 11 is 0. The molecule has 0 saturated heterocycles. The van der Waals surface area contributed by atoms with Gasteiger partial charge in [-0.15, -0.1) is 0 Å². The van der Waals surface area contributed by atoms with Crippen molar-refractivity contribution < 1.29 is 14.6 Å². The molecule has 3 nitrogen and oxygen atoms in total. The van der Waals surface area contributed by atoms with E-state index in [0.29, 0.717) is 18.9 Å². The lowest BCUT2D eigenvalue weighted by atomic mass is 9.67. The largest absolute Gasteiger partial charge is 0.466 e. The number of rotatable bonds is 4. The summed E-state index contributed by atoms with van der Waals surface area (Å²) in [6.07, 6.45) is 2.74. The van der Waals surface area contributed by atoms with Crippen molar-refractivity contribution in [3.05, 3.63) is 12.2 Å². The van der Waals surface area contributed by atoms with Gasteiger partial charge < -0.3 is 9.84 Å². The number of carbonyl (C=O) groups excluding carboxylic acids is 1. The Morgan fingerprint density at radius 1 is 1.53 bits per heavy atom. The number of carbonyl (C=O) groups is 1. The zero-order chi connectivity index (χ0) is 13.1. The van der Waals surface area contributed by atoms with Crippen LogP contribution in [-0.2, 0) is 9.53 Å². The molecule has 0 amide bonds. The average Bonchev–Trinajstić information content (AvgIpc) is 2.15. The summed E-state index contributed by atoms with van der Waals surface area (Å²) < 4.78 is 4.94. The minimum atomic E-state index is -0.963. The van der Waals surface area contributed by atoms with E-state index < -0.39 is 5.60 Å². The molecule has 1 aliphatic rings. The van der Waals surface area contributed by atoms with E-state index >= 15 is 0 Å². The minimum Gasteiger partial charge on any atom is -0.466 e. The second-order valence-electron chi connectivity index (χ2n) is 5.37. The topological polar surface area (TPSA) is 46.5 Å². The van der Waals surface area contributed by atoms with Gasteiger partial charge in [0, 0.05) is 5.92 Å². The maximum Gasteiger partial charge on any atom is 0.308 e. The van der Waals surface area contributed by atoms with Gasteiger partial charge in [0.05, 0.1) is 18.6 Å². The zero-order valence-electron chi connectivity index (χ0n) is 11.2. The fourth-order valence-electron chi connectivity index (χ4n) is 2.93. The summed E-state index contributed by atoms with van der Waals surface area (Å²) in [7, 11) is 0. The number of aliphatic hydroxyl groups is 1. The van der Waals surface area contributed by atoms with Gasteiger partial charge in [-0.25, -0.2) is 0 Å². The van der Waals surface area contributed by atoms with Crippen LogP contribution in [0.5, 0.6) is 0 Å². The Labute approximate surface area is 104 Å². The summed E-state index contributed by atoms with van der Waals surface area (Å²) in [5.74, 6) is 0.156. The molecule has 0 aromatic rings. The predicted molar refractivity (Wildman–Crippen MR) is 67.5 cm³/mol. The maximum atomic E-state index is 11.6. The molecule has 0 heterocycles. The fraction of sp³-hybridized carbons (Fsp3) is 0.786. The smallest absolute Gasteiger partial charge is 0.308 e. The summed E-state index contributed by atoms with van der Waals surface area (Å²) in [6, 6.07) is 0. The average molecular weight is 240 g/mol. The first kappa shape index (κ1) is 14.2. The van der Waals surface area contributed by atoms with Crippen molar-refractivity contribution in [1.29, 1.82) is 0 Å². The van der Waals surface area contributed by atoms with E-state index in [9.17, 15) is 9.90 Å². The first-order valence-corrected chi connectivity index (χ1v) is 6.42. The SMILES string of the molecule is C=C(C)[C@@H]1CC[C@@H](C)C[C@]1(O)CC(=O)OCC. The molecular formula is C14H24O3. The minimum absolute atomic E-state index is 0.0168. The van der Waals surface area contributed by atoms with Crippen LogP contribution < -0.4 is 0 Å². The lowest BCUT2D eigenvalue weighted by molar-refractivity contribution is -0.153. The van der Waals surface area contributed by atoms with Crippen LogP contribution in [0.1, 0.15) is 46.5 Å². The van der Waals surface area contributed by atoms with Crippen LogP contribution in [0, 0.1) is 11.8 Å². The van der Waals surface area contributed by atoms with Gasteiger partial charge in [-0.2, -0.15) is 0 Å². The van der Waals surface area contributed by atoms with Gasteiger partial charge in [0.1, 0.15) is 0 Å². The standard InChI is InChI=1S/C14H24O3/c1-5-17-13(15)9-14(16)8-11(4)6-7-12(14)10(2)3/h11-12,16H,2,5-9H2,1,3-4H3/t11-,12+,14+/m1/s1. The van der Waals surface area contributed by atoms with Crippen LogP contribution in [0.2, 0.25) is 0 Å². The Balaban J connectivity index is 2.78. The van der Waals surface area contributed by atoms with Crippen molar-refractivity contribution in [2.24, 2.45) is 11.8 Å². The second kappa shape index (κ2) is 5.67. The molecule has 0 spiro atoms. The van der Waals surface area contributed by atoms with E-state index in [0.717, 1.165) is 18.4 Å². The van der Waals surface area contributed by atoms with E-state index in [1.165, 1.54) is 0 Å². The molecule has 1 rings (SSSR count). The first-order chi connectivity index (χ1) is 7.89. The highest BCUT2D eigenvalue weighted by atomic mass is 16.5. The molecule has 0 radical (unpaired) electrons. The Morgan fingerprint density at radius 2 is 2.18 bits per heavy atom. The second-order valence-corrected chi connectivity index (χ2v) is 5.37. The van der Waals surface area contributed by atoms with Gasteiger partial charge in [-0.1, -0.05) is 19.1 Å². The molecule has 1 aliphatic carbocycles. The van der Waals surface area contributed by atoms with Crippen molar-refractivity contribution in [2.45, 2.75) is 52.1 Å². The monoisotopic (exact) mass is 240 g/mol. The highest BCUT2D eigenvalue weighted by Gasteiger charge is 2.43. The normalized spacial score (nSPS) is 33.2. The van der Waals surface area contributed by atoms with Crippen molar-refractivity contribution in [3.8, 4) is 0 Å². The Kier molecular flexibility index (Phi) is 4.75. The van der Waals surface area contributed by atoms with Crippen LogP contribution in [0.25, 0.3) is 0 Å². The molecule has 0 aromatic heterocycles. The predicted octanol–water partition coefficient (Wildman–Crippen LogP) is 2.68. The summed E-state index contributed by atoms with van der Waals surface area (Å²) in [4.78, 5) is 11.6. The molecule has 0 aliphatic heterocycles. The van der Waals surface area contributed by atoms with Gasteiger partial charge in [-0.3, -0.25) is 4.79 Å². The highest BCUT2D eigenvalue weighted by molar-refractivity contribution is 5.70. The van der Waals surface area contributed by atoms with E-state index in [-0.39, 0.29) is 18.3 Å². The van der Waals surface area contributed by atoms with Crippen molar-refractivity contribution >= 4 is 5.97 Å². The Hall–Kier alpha value is -0.830. The summed E-state index contributed by atoms with van der Waals surface area (Å²) in [5.41, 5.74) is -0.000788. The van der Waals surface area contributed by atoms with Gasteiger partial charge in [-0.05, 0) is 39.0 Å². The lowest BCUT2D eigenvalue weighted by Crippen LogP contribution is -2.45. The Bertz CT molecular complexity index is 298. The molecule has 1 N–H and O–H groups in total. The van der Waals surface area contributed by atoms with E-state index in [2.05, 4.69) is 13.5 Å². The molecule has 0 unspecified atom stereocenters. The Morgan fingerprint density at radius 3 is 2.71 bits per heavy atom. The van der Waals surface area contributed by atoms with Crippen LogP contribution in [0.3, 0.4) is 0 Å². The summed E-state index contributed by atoms with van der Waals surface area (Å²) in [5, 5.41) is 10.7. The molecule has 0 aromatic carbocycles. The maximum absolute atomic E-state index is 11.6. The highest BCUT2D eigenvalue weighted by Crippen LogP contribution is 2.42. The van der Waals surface area contributed by atoms with Crippen LogP contribution in [-0.4, -0.2) is 23.3 Å². The van der Waals surface area contributed by atoms with E-state index in [1.807, 2.05) is 6.92 Å². The van der Waals surface area contributed by atoms with E-state index in [1.54, 1.807) is 6.92 Å². The first-order valence-electron chi connectivity index (χ1n) is 6.42. The number of hydrogen-bond acceptors (Lipinski definition) is 3. The van der Waals surface area contributed by atoms with Gasteiger partial charge >= 0.3 is 5.97 Å². The van der Waals surface area contributed by atoms with Crippen molar-refractivity contribution in [2.75, 3.05) is 6.61 Å². The van der Waals surface area contributed by atoms with Crippen LogP contribution in [0.15, 0.2) is 12.2 Å². The summed E-state index contributed by atoms with van der Waals surface area (Å²) in [6.45, 7) is 10.1. The molecule has 17 heavy (non-hydrogen) atoms. The third-order valence-electron chi connectivity index (χ3n) is 3.65. The third-order valence-corrected chi connectivity index (χ3v) is 3.65. The molecule has 0 bridgehead atoms. The van der Waals surface area contributed by atoms with Gasteiger partial charge in [0.15, 0.2) is 0 Å². The quantitative estimate of drug-likeness (QED) is 0.607. The van der Waals surface area contributed by atoms with Crippen LogP contribution in [0.4, 0.5) is 0 Å². The van der Waals surface area contributed by atoms with Gasteiger partial charge in [0.2, 0.25) is 0 Å². The third kappa shape index (κ3) is 3.56. The molecule has 98 valence electrons. The van der Waals surface area contributed by atoms with Crippen LogP contribution >= 0.6 is 0 Å². The molecular weight excluding hydrogens is 216 g/mol. The van der Waals surface area contributed by atoms with Gasteiger partial charge in [0.25, 0.3) is 0 Å². The van der Waals surface area contributed by atoms with Crippen molar-refractivity contribution in [3.63, 3.8) is 0 Å². The number of esters is 1. The lowest BCUT2D eigenvalue weighted by Gasteiger charge is -2.42. The molecule has 1 saturated carbocycles. The molecule has 1 fully saturated rings. The molecule has 3 heteroatoms. The van der Waals surface area contributed by atoms with E-state index in [4.69, 9.17) is 4.74 Å². The number of ether oxygens (including phenoxy) is 1.